The summed E-state index contributed by atoms with van der Waals surface area (Å²) in [6.07, 6.45) is 0.788. The first kappa shape index (κ1) is 38.9. The summed E-state index contributed by atoms with van der Waals surface area (Å²) in [5.74, 6) is 0. The van der Waals surface area contributed by atoms with Crippen molar-refractivity contribution >= 4 is 35.6 Å². The molecule has 2 rings (SSSR count). The number of benzene rings is 2. The molecular formula is C29H54O4Si3. The summed E-state index contributed by atoms with van der Waals surface area (Å²) in [5, 5.41) is 2.22. The fraction of sp³-hybridized carbons (Fsp3) is 0.448. The van der Waals surface area contributed by atoms with Gasteiger partial charge in [0.1, 0.15) is 0 Å². The van der Waals surface area contributed by atoms with Crippen LogP contribution >= 0.6 is 0 Å². The maximum absolute atomic E-state index is 6.91. The Bertz CT molecular complexity index is 787. The molecule has 0 spiro atoms. The van der Waals surface area contributed by atoms with E-state index in [4.69, 9.17) is 17.7 Å². The lowest BCUT2D eigenvalue weighted by molar-refractivity contribution is 0.0868. The van der Waals surface area contributed by atoms with Gasteiger partial charge in [-0.2, -0.15) is 0 Å². The van der Waals surface area contributed by atoms with Crippen LogP contribution in [0.5, 0.6) is 0 Å². The molecule has 0 atom stereocenters. The van der Waals surface area contributed by atoms with Gasteiger partial charge in [-0.1, -0.05) is 102 Å². The zero-order valence-corrected chi connectivity index (χ0v) is 23.0. The molecule has 0 fully saturated rings. The van der Waals surface area contributed by atoms with Crippen LogP contribution in [0.25, 0.3) is 0 Å². The van der Waals surface area contributed by atoms with Crippen molar-refractivity contribution in [2.45, 2.75) is 62.3 Å². The Hall–Kier alpha value is -1.59. The maximum Gasteiger partial charge on any atom is 0.397 e. The van der Waals surface area contributed by atoms with Gasteiger partial charge >= 0.3 is 8.56 Å². The summed E-state index contributed by atoms with van der Waals surface area (Å²) in [5.41, 5.74) is 3.91. The molecule has 0 N–H and O–H groups in total. The number of hydrogen-bond donors (Lipinski definition) is 0. The number of hydrogen-bond acceptors (Lipinski definition) is 4. The molecule has 0 aliphatic heterocycles. The second-order valence-corrected chi connectivity index (χ2v) is 19.7. The molecule has 4 nitrogen and oxygen atoms in total. The van der Waals surface area contributed by atoms with E-state index < -0.39 is 25.2 Å². The molecule has 206 valence electrons. The zero-order valence-electron chi connectivity index (χ0n) is 20.0. The average Bonchev–Trinajstić information content (AvgIpc) is 2.81. The zero-order chi connectivity index (χ0) is 23.5. The van der Waals surface area contributed by atoms with E-state index in [2.05, 4.69) is 63.6 Å². The van der Waals surface area contributed by atoms with Crippen LogP contribution in [0.4, 0.5) is 0 Å². The van der Waals surface area contributed by atoms with Crippen molar-refractivity contribution in [1.29, 1.82) is 0 Å². The van der Waals surface area contributed by atoms with E-state index in [9.17, 15) is 0 Å². The molecule has 0 saturated carbocycles. The van der Waals surface area contributed by atoms with E-state index >= 15 is 0 Å². The minimum Gasteiger partial charge on any atom is -0.426 e. The molecule has 2 aromatic rings. The van der Waals surface area contributed by atoms with Gasteiger partial charge in [-0.05, 0) is 43.0 Å². The Kier molecular flexibility index (Phi) is 20.1. The van der Waals surface area contributed by atoms with Crippen LogP contribution in [0.2, 0.25) is 26.2 Å². The predicted molar refractivity (Wildman–Crippen MR) is 169 cm³/mol. The standard InChI is InChI=1S/C25H38O4Si3.4CH4/c1-7-30(3,4)27-23-22-26-20-15-21-28-32(29-31(5,6)8-2,24-16-11-9-12-17-24)25-18-13-10-14-19-25;;;;/h7-14,16-19H,1-2,15,20-23H2,3-6H3;4*1H4. The first-order chi connectivity index (χ1) is 15.2. The molecule has 0 saturated heterocycles. The molecule has 0 bridgehead atoms. The molecule has 0 unspecified atom stereocenters. The maximum atomic E-state index is 6.91. The van der Waals surface area contributed by atoms with Gasteiger partial charge in [-0.15, -0.1) is 13.2 Å². The number of ether oxygens (including phenoxy) is 1. The molecule has 0 heterocycles. The molecule has 0 radical (unpaired) electrons. The summed E-state index contributed by atoms with van der Waals surface area (Å²) < 4.78 is 25.3. The van der Waals surface area contributed by atoms with E-state index in [1.807, 2.05) is 47.8 Å². The van der Waals surface area contributed by atoms with Crippen molar-refractivity contribution in [3.05, 3.63) is 85.2 Å². The largest absolute Gasteiger partial charge is 0.426 e. The van der Waals surface area contributed by atoms with Crippen molar-refractivity contribution in [2.24, 2.45) is 0 Å². The van der Waals surface area contributed by atoms with Gasteiger partial charge in [-0.3, -0.25) is 0 Å². The van der Waals surface area contributed by atoms with Crippen LogP contribution < -0.4 is 10.4 Å². The summed E-state index contributed by atoms with van der Waals surface area (Å²) in [6.45, 7) is 18.8. The van der Waals surface area contributed by atoms with Crippen LogP contribution in [-0.4, -0.2) is 51.6 Å². The van der Waals surface area contributed by atoms with Crippen LogP contribution in [0.15, 0.2) is 85.2 Å². The van der Waals surface area contributed by atoms with Gasteiger partial charge in [0, 0.05) is 13.2 Å². The SMILES string of the molecule is C.C.C.C.C=C[Si](C)(C)OCCOCCCO[Si](O[Si](C)(C)C=C)(c1ccccc1)c1ccccc1. The fourth-order valence-electron chi connectivity index (χ4n) is 3.11. The third kappa shape index (κ3) is 12.1. The average molecular weight is 551 g/mol. The van der Waals surface area contributed by atoms with Crippen molar-refractivity contribution in [1.82, 2.24) is 0 Å². The molecule has 2 aromatic carbocycles. The lowest BCUT2D eigenvalue weighted by atomic mass is 10.4. The molecule has 0 aromatic heterocycles. The van der Waals surface area contributed by atoms with E-state index in [0.717, 1.165) is 16.8 Å². The third-order valence-electron chi connectivity index (χ3n) is 5.14. The van der Waals surface area contributed by atoms with Crippen molar-refractivity contribution in [3.8, 4) is 0 Å². The van der Waals surface area contributed by atoms with E-state index in [-0.39, 0.29) is 29.7 Å². The molecular weight excluding hydrogens is 497 g/mol. The second kappa shape index (κ2) is 18.6. The monoisotopic (exact) mass is 550 g/mol. The smallest absolute Gasteiger partial charge is 0.397 e. The lowest BCUT2D eigenvalue weighted by Crippen LogP contribution is -2.67. The summed E-state index contributed by atoms with van der Waals surface area (Å²) >= 11 is 0. The highest BCUT2D eigenvalue weighted by atomic mass is 28.4. The van der Waals surface area contributed by atoms with Crippen molar-refractivity contribution in [2.75, 3.05) is 26.4 Å². The van der Waals surface area contributed by atoms with Gasteiger partial charge in [0.25, 0.3) is 0 Å². The van der Waals surface area contributed by atoms with Gasteiger partial charge in [0.05, 0.1) is 13.2 Å². The number of rotatable bonds is 15. The van der Waals surface area contributed by atoms with Gasteiger partial charge in [0.2, 0.25) is 16.6 Å². The molecule has 0 amide bonds. The third-order valence-corrected chi connectivity index (χ3v) is 14.1. The second-order valence-electron chi connectivity index (χ2n) is 8.73. The summed E-state index contributed by atoms with van der Waals surface area (Å²) in [4.78, 5) is 0. The first-order valence-corrected chi connectivity index (χ1v) is 19.0. The van der Waals surface area contributed by atoms with Gasteiger partial charge in [-0.25, -0.2) is 0 Å². The summed E-state index contributed by atoms with van der Waals surface area (Å²) in [6, 6.07) is 20.7. The molecule has 36 heavy (non-hydrogen) atoms. The Morgan fingerprint density at radius 3 is 1.53 bits per heavy atom. The topological polar surface area (TPSA) is 36.9 Å². The van der Waals surface area contributed by atoms with Gasteiger partial charge in [0.15, 0.2) is 0 Å². The van der Waals surface area contributed by atoms with Crippen molar-refractivity contribution in [3.63, 3.8) is 0 Å². The highest BCUT2D eigenvalue weighted by molar-refractivity contribution is 6.99. The molecule has 7 heteroatoms. The molecule has 0 aliphatic carbocycles. The Balaban J connectivity index is -0.00000272. The Labute approximate surface area is 226 Å². The summed E-state index contributed by atoms with van der Waals surface area (Å²) in [7, 11) is -6.78. The minimum absolute atomic E-state index is 0. The van der Waals surface area contributed by atoms with E-state index in [1.54, 1.807) is 0 Å². The highest BCUT2D eigenvalue weighted by Crippen LogP contribution is 2.18. The fourth-order valence-corrected chi connectivity index (χ4v) is 10.7. The molecule has 0 aliphatic rings. The Morgan fingerprint density at radius 2 is 1.08 bits per heavy atom. The normalized spacial score (nSPS) is 11.1. The predicted octanol–water partition coefficient (Wildman–Crippen LogP) is 7.10. The lowest BCUT2D eigenvalue weighted by Gasteiger charge is -2.37. The quantitative estimate of drug-likeness (QED) is 0.175. The van der Waals surface area contributed by atoms with Crippen LogP contribution in [0, 0.1) is 0 Å². The minimum atomic E-state index is -2.90. The van der Waals surface area contributed by atoms with Crippen LogP contribution in [-0.2, 0) is 17.7 Å². The van der Waals surface area contributed by atoms with E-state index in [0.29, 0.717) is 26.4 Å². The Morgan fingerprint density at radius 1 is 0.611 bits per heavy atom. The van der Waals surface area contributed by atoms with Crippen molar-refractivity contribution < 1.29 is 17.7 Å². The van der Waals surface area contributed by atoms with Crippen LogP contribution in [0.1, 0.15) is 36.1 Å². The van der Waals surface area contributed by atoms with Crippen LogP contribution in [0.3, 0.4) is 0 Å². The van der Waals surface area contributed by atoms with E-state index in [1.165, 1.54) is 0 Å². The first-order valence-electron chi connectivity index (χ1n) is 11.2. The highest BCUT2D eigenvalue weighted by Gasteiger charge is 2.46. The van der Waals surface area contributed by atoms with Gasteiger partial charge < -0.3 is 17.7 Å².